The molecule has 1 fully saturated rings. The van der Waals surface area contributed by atoms with Gasteiger partial charge in [0.25, 0.3) is 0 Å². The summed E-state index contributed by atoms with van der Waals surface area (Å²) < 4.78 is 1.87. The Morgan fingerprint density at radius 2 is 2.15 bits per heavy atom. The van der Waals surface area contributed by atoms with E-state index in [9.17, 15) is 0 Å². The lowest BCUT2D eigenvalue weighted by Crippen LogP contribution is -2.41. The van der Waals surface area contributed by atoms with Gasteiger partial charge in [-0.15, -0.1) is 0 Å². The third kappa shape index (κ3) is 3.10. The highest BCUT2D eigenvalue weighted by Crippen LogP contribution is 2.36. The summed E-state index contributed by atoms with van der Waals surface area (Å²) in [6.07, 6.45) is 5.57. The van der Waals surface area contributed by atoms with Crippen LogP contribution in [0.5, 0.6) is 0 Å². The number of hydrogen-bond acceptors (Lipinski definition) is 2. The maximum Gasteiger partial charge on any atom is 0.0637 e. The Hall–Kier alpha value is -1.61. The first-order valence-electron chi connectivity index (χ1n) is 7.49. The topological polar surface area (TPSA) is 29.9 Å². The van der Waals surface area contributed by atoms with Gasteiger partial charge in [0, 0.05) is 32.3 Å². The van der Waals surface area contributed by atoms with Crippen molar-refractivity contribution in [1.29, 1.82) is 0 Å². The number of aromatic nitrogens is 2. The molecule has 0 spiro atoms. The van der Waals surface area contributed by atoms with E-state index in [1.807, 2.05) is 17.9 Å². The van der Waals surface area contributed by atoms with Gasteiger partial charge in [0.2, 0.25) is 0 Å². The number of benzene rings is 1. The number of aryl methyl sites for hydroxylation is 2. The standard InChI is InChI=1S/C17H23N3/c1-13-4-3-5-14(10-13)15-11-17(12-15)18-8-6-16-7-9-20(2)19-16/h3-5,7,9-10,15,17-18H,6,8,11-12H2,1-2H3. The largest absolute Gasteiger partial charge is 0.314 e. The molecule has 0 aliphatic heterocycles. The molecule has 0 amide bonds. The fourth-order valence-electron chi connectivity index (χ4n) is 2.98. The van der Waals surface area contributed by atoms with Gasteiger partial charge < -0.3 is 5.32 Å². The average molecular weight is 269 g/mol. The van der Waals surface area contributed by atoms with Gasteiger partial charge in [-0.1, -0.05) is 29.8 Å². The molecular formula is C17H23N3. The van der Waals surface area contributed by atoms with Crippen LogP contribution in [0.25, 0.3) is 0 Å². The van der Waals surface area contributed by atoms with E-state index in [0.29, 0.717) is 6.04 Å². The predicted octanol–water partition coefficient (Wildman–Crippen LogP) is 2.81. The molecule has 0 saturated heterocycles. The minimum Gasteiger partial charge on any atom is -0.314 e. The molecule has 0 radical (unpaired) electrons. The smallest absolute Gasteiger partial charge is 0.0637 e. The second-order valence-electron chi connectivity index (χ2n) is 5.96. The van der Waals surface area contributed by atoms with E-state index < -0.39 is 0 Å². The second-order valence-corrected chi connectivity index (χ2v) is 5.96. The molecule has 1 aliphatic carbocycles. The van der Waals surface area contributed by atoms with Crippen LogP contribution >= 0.6 is 0 Å². The van der Waals surface area contributed by atoms with Crippen molar-refractivity contribution >= 4 is 0 Å². The van der Waals surface area contributed by atoms with Crippen LogP contribution in [-0.4, -0.2) is 22.4 Å². The predicted molar refractivity (Wildman–Crippen MR) is 81.9 cm³/mol. The Balaban J connectivity index is 1.40. The van der Waals surface area contributed by atoms with Crippen LogP contribution in [0.3, 0.4) is 0 Å². The third-order valence-electron chi connectivity index (χ3n) is 4.23. The molecule has 20 heavy (non-hydrogen) atoms. The van der Waals surface area contributed by atoms with Gasteiger partial charge in [0.1, 0.15) is 0 Å². The van der Waals surface area contributed by atoms with Crippen LogP contribution in [0.4, 0.5) is 0 Å². The zero-order valence-corrected chi connectivity index (χ0v) is 12.3. The molecule has 3 nitrogen and oxygen atoms in total. The lowest BCUT2D eigenvalue weighted by Gasteiger charge is -2.36. The normalized spacial score (nSPS) is 21.7. The van der Waals surface area contributed by atoms with E-state index in [0.717, 1.165) is 18.9 Å². The van der Waals surface area contributed by atoms with Crippen molar-refractivity contribution in [2.75, 3.05) is 6.54 Å². The van der Waals surface area contributed by atoms with Crippen molar-refractivity contribution in [1.82, 2.24) is 15.1 Å². The van der Waals surface area contributed by atoms with Crippen molar-refractivity contribution < 1.29 is 0 Å². The summed E-state index contributed by atoms with van der Waals surface area (Å²) in [5.41, 5.74) is 4.05. The zero-order valence-electron chi connectivity index (χ0n) is 12.3. The number of rotatable bonds is 5. The summed E-state index contributed by atoms with van der Waals surface area (Å²) in [5, 5.41) is 8.04. The second kappa shape index (κ2) is 5.80. The van der Waals surface area contributed by atoms with Gasteiger partial charge in [-0.2, -0.15) is 5.10 Å². The molecular weight excluding hydrogens is 246 g/mol. The Morgan fingerprint density at radius 3 is 2.85 bits per heavy atom. The molecule has 3 rings (SSSR count). The minimum atomic E-state index is 0.684. The van der Waals surface area contributed by atoms with Crippen LogP contribution in [0.1, 0.15) is 35.6 Å². The molecule has 0 bridgehead atoms. The van der Waals surface area contributed by atoms with Gasteiger partial charge in [0.15, 0.2) is 0 Å². The fourth-order valence-corrected chi connectivity index (χ4v) is 2.98. The first kappa shape index (κ1) is 13.4. The highest BCUT2D eigenvalue weighted by atomic mass is 15.2. The molecule has 0 atom stereocenters. The zero-order chi connectivity index (χ0) is 13.9. The number of nitrogens with zero attached hydrogens (tertiary/aromatic N) is 2. The Morgan fingerprint density at radius 1 is 1.30 bits per heavy atom. The summed E-state index contributed by atoms with van der Waals surface area (Å²) in [6, 6.07) is 11.7. The van der Waals surface area contributed by atoms with E-state index in [2.05, 4.69) is 47.7 Å². The van der Waals surface area contributed by atoms with Crippen molar-refractivity contribution in [3.8, 4) is 0 Å². The molecule has 1 aliphatic rings. The molecule has 1 aromatic heterocycles. The fraction of sp³-hybridized carbons (Fsp3) is 0.471. The van der Waals surface area contributed by atoms with Crippen molar-refractivity contribution in [2.24, 2.45) is 7.05 Å². The van der Waals surface area contributed by atoms with Crippen molar-refractivity contribution in [3.63, 3.8) is 0 Å². The van der Waals surface area contributed by atoms with E-state index in [-0.39, 0.29) is 0 Å². The van der Waals surface area contributed by atoms with Crippen LogP contribution in [-0.2, 0) is 13.5 Å². The summed E-state index contributed by atoms with van der Waals surface area (Å²) in [4.78, 5) is 0. The SMILES string of the molecule is Cc1cccc(C2CC(NCCc3ccn(C)n3)C2)c1. The third-order valence-corrected chi connectivity index (χ3v) is 4.23. The highest BCUT2D eigenvalue weighted by molar-refractivity contribution is 5.27. The Labute approximate surface area is 121 Å². The first-order valence-corrected chi connectivity index (χ1v) is 7.49. The summed E-state index contributed by atoms with van der Waals surface area (Å²) in [5.74, 6) is 0.752. The quantitative estimate of drug-likeness (QED) is 0.904. The van der Waals surface area contributed by atoms with Crippen LogP contribution in [0.2, 0.25) is 0 Å². The maximum absolute atomic E-state index is 4.40. The van der Waals surface area contributed by atoms with E-state index >= 15 is 0 Å². The van der Waals surface area contributed by atoms with Gasteiger partial charge in [-0.25, -0.2) is 0 Å². The maximum atomic E-state index is 4.40. The van der Waals surface area contributed by atoms with Crippen molar-refractivity contribution in [2.45, 2.75) is 38.1 Å². The van der Waals surface area contributed by atoms with Gasteiger partial charge in [-0.05, 0) is 37.3 Å². The monoisotopic (exact) mass is 269 g/mol. The van der Waals surface area contributed by atoms with Crippen LogP contribution < -0.4 is 5.32 Å². The van der Waals surface area contributed by atoms with Gasteiger partial charge in [0.05, 0.1) is 5.69 Å². The van der Waals surface area contributed by atoms with E-state index in [1.165, 1.54) is 29.7 Å². The molecule has 1 aromatic carbocycles. The molecule has 2 aromatic rings. The Kier molecular flexibility index (Phi) is 3.88. The van der Waals surface area contributed by atoms with Crippen LogP contribution in [0, 0.1) is 6.92 Å². The van der Waals surface area contributed by atoms with Crippen LogP contribution in [0.15, 0.2) is 36.5 Å². The Bertz CT molecular complexity index is 567. The lowest BCUT2D eigenvalue weighted by atomic mass is 9.75. The molecule has 3 heteroatoms. The molecule has 1 saturated carbocycles. The summed E-state index contributed by atoms with van der Waals surface area (Å²) >= 11 is 0. The summed E-state index contributed by atoms with van der Waals surface area (Å²) in [7, 11) is 1.97. The first-order chi connectivity index (χ1) is 9.70. The number of hydrogen-bond donors (Lipinski definition) is 1. The molecule has 106 valence electrons. The van der Waals surface area contributed by atoms with Crippen molar-refractivity contribution in [3.05, 3.63) is 53.3 Å². The molecule has 0 unspecified atom stereocenters. The van der Waals surface area contributed by atoms with E-state index in [1.54, 1.807) is 0 Å². The average Bonchev–Trinajstić information content (AvgIpc) is 2.78. The van der Waals surface area contributed by atoms with E-state index in [4.69, 9.17) is 0 Å². The van der Waals surface area contributed by atoms with Gasteiger partial charge in [-0.3, -0.25) is 4.68 Å². The minimum absolute atomic E-state index is 0.684. The molecule has 1 N–H and O–H groups in total. The number of nitrogens with one attached hydrogen (secondary N) is 1. The summed E-state index contributed by atoms with van der Waals surface area (Å²) in [6.45, 7) is 3.20. The van der Waals surface area contributed by atoms with Gasteiger partial charge >= 0.3 is 0 Å². The highest BCUT2D eigenvalue weighted by Gasteiger charge is 2.29. The molecule has 1 heterocycles. The lowest BCUT2D eigenvalue weighted by molar-refractivity contribution is 0.292.